The zero-order valence-corrected chi connectivity index (χ0v) is 7.91. The lowest BCUT2D eigenvalue weighted by Crippen LogP contribution is -1.94. The molecular weight excluding hydrogens is 188 g/mol. The molecule has 0 saturated carbocycles. The Morgan fingerprint density at radius 3 is 2.80 bits per heavy atom. The van der Waals surface area contributed by atoms with Gasteiger partial charge in [0.2, 0.25) is 0 Å². The van der Waals surface area contributed by atoms with Crippen LogP contribution in [0.1, 0.15) is 0 Å². The van der Waals surface area contributed by atoms with Gasteiger partial charge in [-0.25, -0.2) is 15.0 Å². The zero-order chi connectivity index (χ0) is 10.1. The SMILES string of the molecule is c1ccc2c(c1)ncn2-c1ccncn1. The largest absolute Gasteiger partial charge is 0.283 e. The predicted molar refractivity (Wildman–Crippen MR) is 56.7 cm³/mol. The second-order valence-corrected chi connectivity index (χ2v) is 3.17. The summed E-state index contributed by atoms with van der Waals surface area (Å²) < 4.78 is 1.94. The summed E-state index contributed by atoms with van der Waals surface area (Å²) >= 11 is 0. The van der Waals surface area contributed by atoms with E-state index in [1.807, 2.05) is 34.9 Å². The summed E-state index contributed by atoms with van der Waals surface area (Å²) in [5.74, 6) is 0.832. The number of rotatable bonds is 1. The van der Waals surface area contributed by atoms with Gasteiger partial charge in [-0.1, -0.05) is 12.1 Å². The highest BCUT2D eigenvalue weighted by Crippen LogP contribution is 2.15. The van der Waals surface area contributed by atoms with E-state index < -0.39 is 0 Å². The number of fused-ring (bicyclic) bond motifs is 1. The third-order valence-electron chi connectivity index (χ3n) is 2.27. The fraction of sp³-hybridized carbons (Fsp3) is 0. The molecule has 0 unspecified atom stereocenters. The van der Waals surface area contributed by atoms with Gasteiger partial charge >= 0.3 is 0 Å². The Hall–Kier alpha value is -2.23. The Bertz CT molecular complexity index is 586. The third-order valence-corrected chi connectivity index (χ3v) is 2.27. The molecular formula is C11H8N4. The molecule has 0 radical (unpaired) electrons. The summed E-state index contributed by atoms with van der Waals surface area (Å²) in [4.78, 5) is 12.4. The maximum absolute atomic E-state index is 4.30. The third kappa shape index (κ3) is 1.27. The summed E-state index contributed by atoms with van der Waals surface area (Å²) in [5.41, 5.74) is 2.02. The van der Waals surface area contributed by atoms with Crippen molar-refractivity contribution in [3.05, 3.63) is 49.2 Å². The van der Waals surface area contributed by atoms with Gasteiger partial charge in [0.15, 0.2) is 0 Å². The van der Waals surface area contributed by atoms with Crippen molar-refractivity contribution in [1.82, 2.24) is 19.5 Å². The maximum atomic E-state index is 4.30. The average Bonchev–Trinajstić information content (AvgIpc) is 2.74. The van der Waals surface area contributed by atoms with Crippen LogP contribution in [-0.4, -0.2) is 19.5 Å². The highest BCUT2D eigenvalue weighted by molar-refractivity contribution is 5.76. The first-order valence-corrected chi connectivity index (χ1v) is 4.63. The topological polar surface area (TPSA) is 43.6 Å². The predicted octanol–water partition coefficient (Wildman–Crippen LogP) is 1.82. The quantitative estimate of drug-likeness (QED) is 0.596. The summed E-state index contributed by atoms with van der Waals surface area (Å²) in [7, 11) is 0. The van der Waals surface area contributed by atoms with Crippen molar-refractivity contribution in [3.63, 3.8) is 0 Å². The van der Waals surface area contributed by atoms with Crippen LogP contribution in [0.5, 0.6) is 0 Å². The molecule has 0 bridgehead atoms. The summed E-state index contributed by atoms with van der Waals surface area (Å²) in [6.45, 7) is 0. The van der Waals surface area contributed by atoms with E-state index in [1.54, 1.807) is 12.5 Å². The molecule has 1 aromatic carbocycles. The normalized spacial score (nSPS) is 10.7. The Morgan fingerprint density at radius 1 is 1.00 bits per heavy atom. The second kappa shape index (κ2) is 3.16. The molecule has 0 saturated heterocycles. The lowest BCUT2D eigenvalue weighted by Gasteiger charge is -2.00. The molecule has 72 valence electrons. The van der Waals surface area contributed by atoms with Crippen molar-refractivity contribution < 1.29 is 0 Å². The van der Waals surface area contributed by atoms with Crippen molar-refractivity contribution >= 4 is 11.0 Å². The number of para-hydroxylation sites is 2. The van der Waals surface area contributed by atoms with Crippen molar-refractivity contribution in [2.45, 2.75) is 0 Å². The smallest absolute Gasteiger partial charge is 0.141 e. The molecule has 0 spiro atoms. The maximum Gasteiger partial charge on any atom is 0.141 e. The van der Waals surface area contributed by atoms with Crippen molar-refractivity contribution in [2.75, 3.05) is 0 Å². The Morgan fingerprint density at radius 2 is 1.93 bits per heavy atom. The van der Waals surface area contributed by atoms with Crippen LogP contribution in [0.15, 0.2) is 49.2 Å². The van der Waals surface area contributed by atoms with Crippen LogP contribution in [0.25, 0.3) is 16.9 Å². The minimum Gasteiger partial charge on any atom is -0.283 e. The monoisotopic (exact) mass is 196 g/mol. The van der Waals surface area contributed by atoms with E-state index in [0.29, 0.717) is 0 Å². The highest BCUT2D eigenvalue weighted by atomic mass is 15.1. The van der Waals surface area contributed by atoms with Gasteiger partial charge in [0, 0.05) is 6.20 Å². The minimum absolute atomic E-state index is 0.832. The van der Waals surface area contributed by atoms with E-state index in [9.17, 15) is 0 Å². The molecule has 4 nitrogen and oxygen atoms in total. The minimum atomic E-state index is 0.832. The standard InChI is InChI=1S/C11H8N4/c1-2-4-10-9(3-1)14-8-15(10)11-5-6-12-7-13-11/h1-8H. The fourth-order valence-electron chi connectivity index (χ4n) is 1.57. The summed E-state index contributed by atoms with van der Waals surface area (Å²) in [6, 6.07) is 9.81. The lowest BCUT2D eigenvalue weighted by molar-refractivity contribution is 0.995. The van der Waals surface area contributed by atoms with Crippen LogP contribution in [-0.2, 0) is 0 Å². The number of imidazole rings is 1. The first-order chi connectivity index (χ1) is 7.45. The molecule has 0 atom stereocenters. The molecule has 3 aromatic rings. The Labute approximate surface area is 86.2 Å². The van der Waals surface area contributed by atoms with Gasteiger partial charge in [0.25, 0.3) is 0 Å². The van der Waals surface area contributed by atoms with E-state index in [4.69, 9.17) is 0 Å². The van der Waals surface area contributed by atoms with Gasteiger partial charge in [-0.15, -0.1) is 0 Å². The van der Waals surface area contributed by atoms with E-state index in [2.05, 4.69) is 15.0 Å². The average molecular weight is 196 g/mol. The lowest BCUT2D eigenvalue weighted by atomic mass is 10.3. The van der Waals surface area contributed by atoms with Crippen LogP contribution >= 0.6 is 0 Å². The molecule has 0 N–H and O–H groups in total. The van der Waals surface area contributed by atoms with Crippen LogP contribution < -0.4 is 0 Å². The number of benzene rings is 1. The van der Waals surface area contributed by atoms with Gasteiger partial charge < -0.3 is 0 Å². The Balaban J connectivity index is 2.28. The number of aromatic nitrogens is 4. The molecule has 2 aromatic heterocycles. The van der Waals surface area contributed by atoms with Crippen LogP contribution in [0.2, 0.25) is 0 Å². The van der Waals surface area contributed by atoms with Crippen LogP contribution in [0.4, 0.5) is 0 Å². The van der Waals surface area contributed by atoms with Gasteiger partial charge in [-0.2, -0.15) is 0 Å². The molecule has 0 amide bonds. The first kappa shape index (κ1) is 8.11. The highest BCUT2D eigenvalue weighted by Gasteiger charge is 2.03. The molecule has 15 heavy (non-hydrogen) atoms. The zero-order valence-electron chi connectivity index (χ0n) is 7.91. The van der Waals surface area contributed by atoms with Gasteiger partial charge in [-0.05, 0) is 18.2 Å². The summed E-state index contributed by atoms with van der Waals surface area (Å²) in [6.07, 6.45) is 5.02. The van der Waals surface area contributed by atoms with E-state index in [0.717, 1.165) is 16.9 Å². The van der Waals surface area contributed by atoms with E-state index in [1.165, 1.54) is 6.33 Å². The number of hydrogen-bond donors (Lipinski definition) is 0. The summed E-state index contributed by atoms with van der Waals surface area (Å²) in [5, 5.41) is 0. The molecule has 0 aliphatic carbocycles. The van der Waals surface area contributed by atoms with E-state index in [-0.39, 0.29) is 0 Å². The first-order valence-electron chi connectivity index (χ1n) is 4.63. The van der Waals surface area contributed by atoms with Crippen molar-refractivity contribution in [3.8, 4) is 5.82 Å². The van der Waals surface area contributed by atoms with Gasteiger partial charge in [0.1, 0.15) is 18.5 Å². The van der Waals surface area contributed by atoms with Crippen LogP contribution in [0.3, 0.4) is 0 Å². The number of nitrogens with zero attached hydrogens (tertiary/aromatic N) is 4. The van der Waals surface area contributed by atoms with Gasteiger partial charge in [0.05, 0.1) is 11.0 Å². The van der Waals surface area contributed by atoms with Gasteiger partial charge in [-0.3, -0.25) is 4.57 Å². The second-order valence-electron chi connectivity index (χ2n) is 3.17. The fourth-order valence-corrected chi connectivity index (χ4v) is 1.57. The van der Waals surface area contributed by atoms with E-state index >= 15 is 0 Å². The molecule has 0 aliphatic rings. The Kier molecular flexibility index (Phi) is 1.71. The molecule has 4 heteroatoms. The molecule has 2 heterocycles. The number of hydrogen-bond acceptors (Lipinski definition) is 3. The molecule has 3 rings (SSSR count). The van der Waals surface area contributed by atoms with Crippen molar-refractivity contribution in [2.24, 2.45) is 0 Å². The van der Waals surface area contributed by atoms with Crippen molar-refractivity contribution in [1.29, 1.82) is 0 Å². The molecule has 0 fully saturated rings. The van der Waals surface area contributed by atoms with Crippen LogP contribution in [0, 0.1) is 0 Å². The molecule has 0 aliphatic heterocycles.